The molecular weight excluding hydrogens is 302 g/mol. The van der Waals surface area contributed by atoms with Crippen LogP contribution in [0.3, 0.4) is 0 Å². The Labute approximate surface area is 141 Å². The Morgan fingerprint density at radius 2 is 1.67 bits per heavy atom. The van der Waals surface area contributed by atoms with E-state index in [0.717, 1.165) is 12.8 Å². The van der Waals surface area contributed by atoms with Gasteiger partial charge in [-0.05, 0) is 35.1 Å². The van der Waals surface area contributed by atoms with Crippen LogP contribution in [-0.4, -0.2) is 31.0 Å². The Morgan fingerprint density at radius 3 is 2.21 bits per heavy atom. The molecule has 0 saturated heterocycles. The van der Waals surface area contributed by atoms with Crippen LogP contribution >= 0.6 is 0 Å². The molecule has 0 aromatic heterocycles. The zero-order chi connectivity index (χ0) is 16.6. The fraction of sp³-hybridized carbons (Fsp3) is 0.350. The number of ether oxygens (including phenoxy) is 1. The zero-order valence-electron chi connectivity index (χ0n) is 13.5. The molecule has 0 bridgehead atoms. The van der Waals surface area contributed by atoms with Gasteiger partial charge in [-0.2, -0.15) is 0 Å². The highest BCUT2D eigenvalue weighted by Crippen LogP contribution is 2.45. The molecular formula is C20H21NO3. The first-order valence-corrected chi connectivity index (χ1v) is 8.42. The first kappa shape index (κ1) is 15.2. The lowest BCUT2D eigenvalue weighted by molar-refractivity contribution is 0.136. The second kappa shape index (κ2) is 5.95. The Morgan fingerprint density at radius 1 is 1.08 bits per heavy atom. The summed E-state index contributed by atoms with van der Waals surface area (Å²) in [4.78, 5) is 12.0. The minimum absolute atomic E-state index is 0.0795. The molecule has 0 spiro atoms. The molecule has 0 unspecified atom stereocenters. The molecule has 4 heteroatoms. The number of hydrogen-bond acceptors (Lipinski definition) is 3. The molecule has 24 heavy (non-hydrogen) atoms. The second-order valence-electron chi connectivity index (χ2n) is 6.84. The van der Waals surface area contributed by atoms with Crippen molar-refractivity contribution in [3.8, 4) is 11.1 Å². The Kier molecular flexibility index (Phi) is 3.77. The molecule has 0 heterocycles. The van der Waals surface area contributed by atoms with Crippen molar-refractivity contribution in [3.63, 3.8) is 0 Å². The minimum Gasteiger partial charge on any atom is -0.449 e. The van der Waals surface area contributed by atoms with E-state index >= 15 is 0 Å². The van der Waals surface area contributed by atoms with Crippen LogP contribution in [0.2, 0.25) is 0 Å². The average Bonchev–Trinajstić information content (AvgIpc) is 3.35. The summed E-state index contributed by atoms with van der Waals surface area (Å²) in [5, 5.41) is 12.1. The molecule has 124 valence electrons. The average molecular weight is 323 g/mol. The van der Waals surface area contributed by atoms with Crippen molar-refractivity contribution >= 4 is 6.09 Å². The number of alkyl carbamates (subject to hydrolysis) is 1. The summed E-state index contributed by atoms with van der Waals surface area (Å²) in [5.41, 5.74) is 4.76. The maximum atomic E-state index is 12.0. The van der Waals surface area contributed by atoms with E-state index in [4.69, 9.17) is 4.74 Å². The minimum atomic E-state index is -0.406. The van der Waals surface area contributed by atoms with E-state index in [9.17, 15) is 9.90 Å². The third-order valence-corrected chi connectivity index (χ3v) is 5.24. The summed E-state index contributed by atoms with van der Waals surface area (Å²) in [5.74, 6) is 0.0795. The summed E-state index contributed by atoms with van der Waals surface area (Å²) in [6.45, 7) is 0.933. The van der Waals surface area contributed by atoms with E-state index < -0.39 is 6.09 Å². The monoisotopic (exact) mass is 323 g/mol. The van der Waals surface area contributed by atoms with E-state index in [-0.39, 0.29) is 17.9 Å². The van der Waals surface area contributed by atoms with Gasteiger partial charge in [0.05, 0.1) is 6.61 Å². The molecule has 1 amide bonds. The van der Waals surface area contributed by atoms with Gasteiger partial charge in [-0.1, -0.05) is 48.5 Å². The molecule has 2 N–H and O–H groups in total. The smallest absolute Gasteiger partial charge is 0.407 e. The van der Waals surface area contributed by atoms with Crippen LogP contribution in [0.5, 0.6) is 0 Å². The molecule has 2 aromatic rings. The highest BCUT2D eigenvalue weighted by atomic mass is 16.5. The van der Waals surface area contributed by atoms with Gasteiger partial charge in [0, 0.05) is 17.9 Å². The Hall–Kier alpha value is -2.33. The second-order valence-corrected chi connectivity index (χ2v) is 6.84. The standard InChI is InChI=1S/C20H21NO3/c22-13-20(9-10-20)12-21-19(23)24-11-18-16-7-3-1-5-14(16)15-6-2-4-8-17(15)18/h1-8,18,22H,9-13H2,(H,21,23). The van der Waals surface area contributed by atoms with Crippen molar-refractivity contribution in [1.29, 1.82) is 0 Å². The molecule has 4 rings (SSSR count). The van der Waals surface area contributed by atoms with Crippen LogP contribution in [0.25, 0.3) is 11.1 Å². The molecule has 2 aromatic carbocycles. The highest BCUT2D eigenvalue weighted by molar-refractivity contribution is 5.79. The fourth-order valence-electron chi connectivity index (χ4n) is 3.48. The number of rotatable bonds is 5. The molecule has 4 nitrogen and oxygen atoms in total. The van der Waals surface area contributed by atoms with Gasteiger partial charge in [-0.25, -0.2) is 4.79 Å². The van der Waals surface area contributed by atoms with Crippen molar-refractivity contribution in [2.24, 2.45) is 5.41 Å². The number of benzene rings is 2. The van der Waals surface area contributed by atoms with Crippen LogP contribution in [0.1, 0.15) is 29.9 Å². The number of amides is 1. The number of carbonyl (C=O) groups is 1. The van der Waals surface area contributed by atoms with Gasteiger partial charge in [0.25, 0.3) is 0 Å². The molecule has 1 fully saturated rings. The molecule has 0 radical (unpaired) electrons. The molecule has 2 aliphatic carbocycles. The van der Waals surface area contributed by atoms with Gasteiger partial charge in [0.2, 0.25) is 0 Å². The van der Waals surface area contributed by atoms with Gasteiger partial charge in [-0.3, -0.25) is 0 Å². The van der Waals surface area contributed by atoms with Gasteiger partial charge in [0.1, 0.15) is 6.61 Å². The summed E-state index contributed by atoms with van der Waals surface area (Å²) < 4.78 is 5.48. The van der Waals surface area contributed by atoms with Crippen molar-refractivity contribution in [1.82, 2.24) is 5.32 Å². The maximum Gasteiger partial charge on any atom is 0.407 e. The Balaban J connectivity index is 1.44. The number of aliphatic hydroxyl groups excluding tert-OH is 1. The SMILES string of the molecule is O=C(NCC1(CO)CC1)OCC1c2ccccc2-c2ccccc21. The molecule has 0 aliphatic heterocycles. The van der Waals surface area contributed by atoms with Gasteiger partial charge >= 0.3 is 6.09 Å². The first-order valence-electron chi connectivity index (χ1n) is 8.42. The van der Waals surface area contributed by atoms with E-state index in [2.05, 4.69) is 29.6 Å². The first-order chi connectivity index (χ1) is 11.7. The molecule has 1 saturated carbocycles. The van der Waals surface area contributed by atoms with E-state index in [1.807, 2.05) is 24.3 Å². The Bertz CT molecular complexity index is 721. The van der Waals surface area contributed by atoms with Gasteiger partial charge in [-0.15, -0.1) is 0 Å². The van der Waals surface area contributed by atoms with E-state index in [1.54, 1.807) is 0 Å². The normalized spacial score (nSPS) is 17.0. The lowest BCUT2D eigenvalue weighted by Crippen LogP contribution is -2.33. The zero-order valence-corrected chi connectivity index (χ0v) is 13.5. The number of fused-ring (bicyclic) bond motifs is 3. The van der Waals surface area contributed by atoms with Crippen molar-refractivity contribution in [2.45, 2.75) is 18.8 Å². The predicted octanol–water partition coefficient (Wildman–Crippen LogP) is 3.30. The number of nitrogens with one attached hydrogen (secondary N) is 1. The third-order valence-electron chi connectivity index (χ3n) is 5.24. The topological polar surface area (TPSA) is 58.6 Å². The van der Waals surface area contributed by atoms with Crippen molar-refractivity contribution < 1.29 is 14.6 Å². The van der Waals surface area contributed by atoms with Crippen molar-refractivity contribution in [2.75, 3.05) is 19.8 Å². The predicted molar refractivity (Wildman–Crippen MR) is 91.8 cm³/mol. The van der Waals surface area contributed by atoms with Crippen LogP contribution in [0, 0.1) is 5.41 Å². The van der Waals surface area contributed by atoms with E-state index in [0.29, 0.717) is 13.2 Å². The van der Waals surface area contributed by atoms with Crippen LogP contribution in [0.4, 0.5) is 4.79 Å². The number of carbonyl (C=O) groups excluding carboxylic acids is 1. The van der Waals surface area contributed by atoms with Crippen LogP contribution in [0.15, 0.2) is 48.5 Å². The van der Waals surface area contributed by atoms with Crippen LogP contribution < -0.4 is 5.32 Å². The van der Waals surface area contributed by atoms with Gasteiger partial charge in [0.15, 0.2) is 0 Å². The summed E-state index contributed by atoms with van der Waals surface area (Å²) in [6, 6.07) is 16.6. The third kappa shape index (κ3) is 2.67. The number of aliphatic hydroxyl groups is 1. The lowest BCUT2D eigenvalue weighted by Gasteiger charge is -2.16. The van der Waals surface area contributed by atoms with Gasteiger partial charge < -0.3 is 15.2 Å². The highest BCUT2D eigenvalue weighted by Gasteiger charge is 2.42. The number of hydrogen-bond donors (Lipinski definition) is 2. The van der Waals surface area contributed by atoms with E-state index in [1.165, 1.54) is 22.3 Å². The summed E-state index contributed by atoms with van der Waals surface area (Å²) >= 11 is 0. The van der Waals surface area contributed by atoms with Crippen LogP contribution in [-0.2, 0) is 4.74 Å². The molecule has 2 aliphatic rings. The molecule has 0 atom stereocenters. The lowest BCUT2D eigenvalue weighted by atomic mass is 9.98. The summed E-state index contributed by atoms with van der Waals surface area (Å²) in [6.07, 6.45) is 1.52. The van der Waals surface area contributed by atoms with Crippen molar-refractivity contribution in [3.05, 3.63) is 59.7 Å². The maximum absolute atomic E-state index is 12.0. The fourth-order valence-corrected chi connectivity index (χ4v) is 3.48. The quantitative estimate of drug-likeness (QED) is 0.887. The largest absolute Gasteiger partial charge is 0.449 e. The summed E-state index contributed by atoms with van der Waals surface area (Å²) in [7, 11) is 0.